The number of nitrogens with zero attached hydrogens (tertiary/aromatic N) is 2. The average molecular weight is 360 g/mol. The van der Waals surface area contributed by atoms with Gasteiger partial charge in [-0.15, -0.1) is 0 Å². The van der Waals surface area contributed by atoms with E-state index in [2.05, 4.69) is 19.4 Å². The van der Waals surface area contributed by atoms with Gasteiger partial charge in [-0.25, -0.2) is 0 Å². The molecule has 0 aliphatic heterocycles. The normalized spacial score (nSPS) is 18.7. The molecule has 0 radical (unpaired) electrons. The van der Waals surface area contributed by atoms with E-state index in [1.807, 2.05) is 0 Å². The van der Waals surface area contributed by atoms with Gasteiger partial charge >= 0.3 is 15.2 Å². The Kier molecular flexibility index (Phi) is 9.75. The molecular formula is C10H22N2O8P2. The highest BCUT2D eigenvalue weighted by Crippen LogP contribution is 2.45. The first-order valence-electron chi connectivity index (χ1n) is 6.45. The van der Waals surface area contributed by atoms with Crippen molar-refractivity contribution >= 4 is 26.1 Å². The smallest absolute Gasteiger partial charge is 0.375 e. The number of rotatable bonds is 11. The molecule has 0 saturated carbocycles. The first-order valence-corrected chi connectivity index (χ1v) is 9.60. The van der Waals surface area contributed by atoms with E-state index in [1.165, 1.54) is 0 Å². The highest BCUT2D eigenvalue weighted by Gasteiger charge is 2.27. The van der Waals surface area contributed by atoms with E-state index in [1.54, 1.807) is 0 Å². The fourth-order valence-electron chi connectivity index (χ4n) is 1.63. The molecule has 2 atom stereocenters. The molecule has 0 saturated heterocycles. The molecule has 10 nitrogen and oxygen atoms in total. The summed E-state index contributed by atoms with van der Waals surface area (Å²) in [5.74, 6) is 0. The maximum atomic E-state index is 11.4. The number of hydrogen-bond donors (Lipinski definition) is 4. The molecule has 22 heavy (non-hydrogen) atoms. The number of hydrogen-bond acceptors (Lipinski definition) is 8. The van der Waals surface area contributed by atoms with Crippen LogP contribution >= 0.6 is 15.2 Å². The van der Waals surface area contributed by atoms with Crippen LogP contribution < -0.4 is 0 Å². The molecule has 0 bridgehead atoms. The van der Waals surface area contributed by atoms with E-state index in [0.29, 0.717) is 25.7 Å². The van der Waals surface area contributed by atoms with Crippen LogP contribution in [0.15, 0.2) is 10.3 Å². The molecule has 0 fully saturated rings. The monoisotopic (exact) mass is 360 g/mol. The van der Waals surface area contributed by atoms with Crippen molar-refractivity contribution in [1.29, 1.82) is 0 Å². The summed E-state index contributed by atoms with van der Waals surface area (Å²) in [5.41, 5.74) is -0.626. The summed E-state index contributed by atoms with van der Waals surface area (Å²) in [7, 11) is -5.96. The van der Waals surface area contributed by atoms with Crippen LogP contribution in [0, 0.1) is 0 Å². The van der Waals surface area contributed by atoms with Gasteiger partial charge in [-0.1, -0.05) is 23.2 Å². The van der Waals surface area contributed by atoms with Crippen molar-refractivity contribution in [2.45, 2.75) is 38.5 Å². The molecule has 0 aromatic heterocycles. The van der Waals surface area contributed by atoms with Crippen LogP contribution in [0.4, 0.5) is 0 Å². The van der Waals surface area contributed by atoms with Crippen LogP contribution in [0.5, 0.6) is 0 Å². The van der Waals surface area contributed by atoms with Crippen LogP contribution in [-0.4, -0.2) is 45.3 Å². The lowest BCUT2D eigenvalue weighted by atomic mass is 10.1. The Morgan fingerprint density at radius 3 is 1.36 bits per heavy atom. The molecule has 2 unspecified atom stereocenters. The van der Waals surface area contributed by atoms with Crippen LogP contribution in [0.2, 0.25) is 0 Å². The van der Waals surface area contributed by atoms with Crippen molar-refractivity contribution in [1.82, 2.24) is 0 Å². The summed E-state index contributed by atoms with van der Waals surface area (Å²) < 4.78 is 31.6. The fraction of sp³-hybridized carbons (Fsp3) is 0.800. The number of unbranched alkanes of at least 4 members (excludes halogenated alkanes) is 3. The van der Waals surface area contributed by atoms with E-state index in [-0.39, 0.29) is 23.7 Å². The first kappa shape index (κ1) is 21.2. The quantitative estimate of drug-likeness (QED) is 0.144. The Balaban J connectivity index is 4.11. The highest BCUT2D eigenvalue weighted by molar-refractivity contribution is 7.71. The summed E-state index contributed by atoms with van der Waals surface area (Å²) in [6, 6.07) is 0. The van der Waals surface area contributed by atoms with E-state index in [9.17, 15) is 18.9 Å². The Bertz CT molecular complexity index is 449. The van der Waals surface area contributed by atoms with Gasteiger partial charge in [-0.05, 0) is 12.8 Å². The zero-order valence-corrected chi connectivity index (χ0v) is 14.2. The lowest BCUT2D eigenvalue weighted by molar-refractivity contribution is 0.305. The standard InChI is InChI=1S/C10H22N2O8P2/c1-19-21(15,16)9(11-13)7-5-3-4-6-8-10(12-14)22(17,18)20-2/h13-14H,3-8H2,1-2H3,(H,15,16)(H,17,18)/b11-9+,12-10+. The van der Waals surface area contributed by atoms with Crippen molar-refractivity contribution in [3.63, 3.8) is 0 Å². The lowest BCUT2D eigenvalue weighted by Crippen LogP contribution is -2.03. The molecule has 0 heterocycles. The second-order valence-corrected chi connectivity index (χ2v) is 8.20. The predicted octanol–water partition coefficient (Wildman–Crippen LogP) is 2.57. The molecule has 0 aliphatic carbocycles. The minimum atomic E-state index is -4.02. The van der Waals surface area contributed by atoms with Gasteiger partial charge in [0.1, 0.15) is 0 Å². The maximum absolute atomic E-state index is 11.4. The van der Waals surface area contributed by atoms with Gasteiger partial charge in [-0.2, -0.15) is 0 Å². The van der Waals surface area contributed by atoms with Gasteiger partial charge in [0.15, 0.2) is 10.9 Å². The topological polar surface area (TPSA) is 158 Å². The van der Waals surface area contributed by atoms with Crippen LogP contribution in [-0.2, 0) is 18.2 Å². The van der Waals surface area contributed by atoms with Crippen LogP contribution in [0.3, 0.4) is 0 Å². The molecule has 0 spiro atoms. The van der Waals surface area contributed by atoms with Gasteiger partial charge < -0.3 is 29.2 Å². The second kappa shape index (κ2) is 10.1. The minimum Gasteiger partial charge on any atom is -0.410 e. The summed E-state index contributed by atoms with van der Waals surface area (Å²) in [5, 5.41) is 22.9. The van der Waals surface area contributed by atoms with Crippen molar-refractivity contribution in [3.8, 4) is 0 Å². The molecule has 4 N–H and O–H groups in total. The average Bonchev–Trinajstić information content (AvgIpc) is 2.49. The molecule has 0 amide bonds. The van der Waals surface area contributed by atoms with Gasteiger partial charge in [0.25, 0.3) is 0 Å². The van der Waals surface area contributed by atoms with Crippen molar-refractivity contribution in [2.24, 2.45) is 10.3 Å². The Morgan fingerprint density at radius 2 is 1.14 bits per heavy atom. The van der Waals surface area contributed by atoms with E-state index < -0.39 is 15.2 Å². The molecule has 0 aliphatic rings. The third-order valence-corrected chi connectivity index (χ3v) is 5.85. The minimum absolute atomic E-state index is 0.0929. The van der Waals surface area contributed by atoms with Gasteiger partial charge in [-0.3, -0.25) is 9.13 Å². The predicted molar refractivity (Wildman–Crippen MR) is 79.8 cm³/mol. The van der Waals surface area contributed by atoms with Crippen LogP contribution in [0.1, 0.15) is 38.5 Å². The fourth-order valence-corrected chi connectivity index (χ4v) is 3.16. The van der Waals surface area contributed by atoms with E-state index >= 15 is 0 Å². The molecule has 0 rings (SSSR count). The van der Waals surface area contributed by atoms with Gasteiger partial charge in [0.2, 0.25) is 0 Å². The van der Waals surface area contributed by atoms with E-state index in [0.717, 1.165) is 14.2 Å². The zero-order chi connectivity index (χ0) is 17.2. The maximum Gasteiger partial charge on any atom is 0.375 e. The summed E-state index contributed by atoms with van der Waals surface area (Å²) in [6.45, 7) is 0. The Labute approximate surface area is 128 Å². The van der Waals surface area contributed by atoms with Crippen LogP contribution in [0.25, 0.3) is 0 Å². The van der Waals surface area contributed by atoms with Crippen molar-refractivity contribution < 1.29 is 38.4 Å². The lowest BCUT2D eigenvalue weighted by Gasteiger charge is -2.11. The summed E-state index contributed by atoms with van der Waals surface area (Å²) >= 11 is 0. The largest absolute Gasteiger partial charge is 0.410 e. The third-order valence-electron chi connectivity index (χ3n) is 2.93. The number of oxime groups is 2. The highest BCUT2D eigenvalue weighted by atomic mass is 31.2. The van der Waals surface area contributed by atoms with Gasteiger partial charge in [0.05, 0.1) is 0 Å². The summed E-state index contributed by atoms with van der Waals surface area (Å²) in [4.78, 5) is 18.7. The SMILES string of the molecule is COP(=O)(O)/C(CCCCCC/C(=N\O)P(=O)(O)OC)=N/O. The van der Waals surface area contributed by atoms with Crippen molar-refractivity contribution in [2.75, 3.05) is 14.2 Å². The summed E-state index contributed by atoms with van der Waals surface area (Å²) in [6.07, 6.45) is 2.36. The first-order chi connectivity index (χ1) is 10.2. The molecule has 0 aromatic rings. The molecular weight excluding hydrogens is 338 g/mol. The third kappa shape index (κ3) is 7.00. The second-order valence-electron chi connectivity index (χ2n) is 4.35. The Hall–Kier alpha value is -0.760. The van der Waals surface area contributed by atoms with E-state index in [4.69, 9.17) is 10.4 Å². The molecule has 0 aromatic carbocycles. The zero-order valence-electron chi connectivity index (χ0n) is 12.5. The Morgan fingerprint density at radius 1 is 0.818 bits per heavy atom. The van der Waals surface area contributed by atoms with Gasteiger partial charge in [0, 0.05) is 27.1 Å². The molecule has 12 heteroatoms. The molecule has 130 valence electrons. The van der Waals surface area contributed by atoms with Crippen molar-refractivity contribution in [3.05, 3.63) is 0 Å².